The first kappa shape index (κ1) is 23.1. The molecule has 9 rings (SSSR count). The van der Waals surface area contributed by atoms with Crippen molar-refractivity contribution in [1.82, 2.24) is 14.1 Å². The second kappa shape index (κ2) is 8.92. The molecule has 0 unspecified atom stereocenters. The molecule has 0 atom stereocenters. The van der Waals surface area contributed by atoms with Gasteiger partial charge in [-0.3, -0.25) is 4.98 Å². The molecule has 0 saturated carbocycles. The van der Waals surface area contributed by atoms with Crippen molar-refractivity contribution in [3.05, 3.63) is 152 Å². The molecule has 196 valence electrons. The number of hydrogen-bond acceptors (Lipinski definition) is 1. The highest BCUT2D eigenvalue weighted by atomic mass is 15.0. The van der Waals surface area contributed by atoms with Crippen molar-refractivity contribution in [1.29, 1.82) is 0 Å². The van der Waals surface area contributed by atoms with Crippen LogP contribution in [-0.2, 0) is 0 Å². The van der Waals surface area contributed by atoms with Gasteiger partial charge in [-0.1, -0.05) is 84.9 Å². The van der Waals surface area contributed by atoms with Crippen LogP contribution in [0.5, 0.6) is 0 Å². The number of para-hydroxylation sites is 2. The van der Waals surface area contributed by atoms with E-state index in [0.29, 0.717) is 0 Å². The highest BCUT2D eigenvalue weighted by Crippen LogP contribution is 2.40. The van der Waals surface area contributed by atoms with E-state index in [9.17, 15) is 0 Å². The molecule has 0 aliphatic carbocycles. The fourth-order valence-electron chi connectivity index (χ4n) is 6.71. The third-order valence-electron chi connectivity index (χ3n) is 8.54. The molecule has 9 aromatic rings. The summed E-state index contributed by atoms with van der Waals surface area (Å²) in [5.74, 6) is 0. The zero-order valence-corrected chi connectivity index (χ0v) is 22.8. The van der Waals surface area contributed by atoms with Crippen molar-refractivity contribution in [2.24, 2.45) is 0 Å². The lowest BCUT2D eigenvalue weighted by atomic mass is 9.99. The lowest BCUT2D eigenvalue weighted by Crippen LogP contribution is -1.94. The van der Waals surface area contributed by atoms with Gasteiger partial charge < -0.3 is 9.13 Å². The van der Waals surface area contributed by atoms with E-state index in [1.807, 2.05) is 12.3 Å². The molecule has 0 fully saturated rings. The molecular weight excluding hydrogens is 510 g/mol. The van der Waals surface area contributed by atoms with Crippen molar-refractivity contribution in [2.75, 3.05) is 0 Å². The van der Waals surface area contributed by atoms with E-state index < -0.39 is 0 Å². The van der Waals surface area contributed by atoms with Gasteiger partial charge in [-0.05, 0) is 82.6 Å². The first-order valence-corrected chi connectivity index (χ1v) is 14.3. The van der Waals surface area contributed by atoms with Gasteiger partial charge in [0.15, 0.2) is 0 Å². The molecule has 0 saturated heterocycles. The number of fused-ring (bicyclic) bond motifs is 7. The number of benzene rings is 6. The van der Waals surface area contributed by atoms with Crippen LogP contribution in [-0.4, -0.2) is 14.1 Å². The van der Waals surface area contributed by atoms with Crippen LogP contribution in [0.4, 0.5) is 0 Å². The van der Waals surface area contributed by atoms with Crippen LogP contribution >= 0.6 is 0 Å². The van der Waals surface area contributed by atoms with E-state index in [0.717, 1.165) is 22.2 Å². The predicted octanol–water partition coefficient (Wildman–Crippen LogP) is 10.1. The van der Waals surface area contributed by atoms with Crippen molar-refractivity contribution >= 4 is 54.5 Å². The van der Waals surface area contributed by atoms with E-state index in [2.05, 4.69) is 149 Å². The van der Waals surface area contributed by atoms with Crippen LogP contribution in [0.3, 0.4) is 0 Å². The molecule has 0 aliphatic heterocycles. The van der Waals surface area contributed by atoms with Crippen molar-refractivity contribution in [2.45, 2.75) is 0 Å². The third-order valence-corrected chi connectivity index (χ3v) is 8.54. The molecule has 42 heavy (non-hydrogen) atoms. The second-order valence-electron chi connectivity index (χ2n) is 10.9. The Morgan fingerprint density at radius 3 is 2.10 bits per heavy atom. The molecule has 3 heteroatoms. The van der Waals surface area contributed by atoms with Gasteiger partial charge in [-0.15, -0.1) is 0 Å². The summed E-state index contributed by atoms with van der Waals surface area (Å²) >= 11 is 0. The third kappa shape index (κ3) is 3.31. The summed E-state index contributed by atoms with van der Waals surface area (Å²) in [5.41, 5.74) is 10.4. The fourth-order valence-corrected chi connectivity index (χ4v) is 6.71. The second-order valence-corrected chi connectivity index (χ2v) is 10.9. The molecule has 0 bridgehead atoms. The molecule has 0 spiro atoms. The number of pyridine rings is 1. The Labute approximate surface area is 242 Å². The number of aromatic nitrogens is 3. The summed E-state index contributed by atoms with van der Waals surface area (Å²) in [5, 5.41) is 6.16. The zero-order valence-electron chi connectivity index (χ0n) is 22.8. The molecule has 0 N–H and O–H groups in total. The van der Waals surface area contributed by atoms with Crippen LogP contribution in [0, 0.1) is 0 Å². The summed E-state index contributed by atoms with van der Waals surface area (Å²) in [6.07, 6.45) is 1.90. The van der Waals surface area contributed by atoms with E-state index >= 15 is 0 Å². The predicted molar refractivity (Wildman–Crippen MR) is 176 cm³/mol. The van der Waals surface area contributed by atoms with Crippen LogP contribution in [0.2, 0.25) is 0 Å². The van der Waals surface area contributed by atoms with Crippen molar-refractivity contribution in [3.8, 4) is 22.5 Å². The maximum Gasteiger partial charge on any atom is 0.0969 e. The van der Waals surface area contributed by atoms with Crippen molar-refractivity contribution < 1.29 is 0 Å². The Balaban J connectivity index is 1.32. The van der Waals surface area contributed by atoms with E-state index in [1.54, 1.807) is 0 Å². The largest absolute Gasteiger partial charge is 0.309 e. The standard InChI is InChI=1S/C39H25N3/c1-2-12-29(13-3-1)41-36-17-8-15-31(38(36)39-37(41)18-9-23-40-39)28-20-22-35-33(25-28)32-14-6-7-16-34(32)42(35)30-21-19-26-10-4-5-11-27(26)24-30/h1-25H. The minimum Gasteiger partial charge on any atom is -0.309 e. The van der Waals surface area contributed by atoms with Gasteiger partial charge in [0.2, 0.25) is 0 Å². The highest BCUT2D eigenvalue weighted by Gasteiger charge is 2.18. The minimum absolute atomic E-state index is 1.02. The first-order chi connectivity index (χ1) is 20.8. The summed E-state index contributed by atoms with van der Waals surface area (Å²) in [6, 6.07) is 52.3. The number of rotatable bonds is 3. The molecule has 0 aliphatic rings. The lowest BCUT2D eigenvalue weighted by molar-refractivity contribution is 1.18. The number of hydrogen-bond donors (Lipinski definition) is 0. The molecular formula is C39H25N3. The normalized spacial score (nSPS) is 11.8. The molecule has 0 amide bonds. The van der Waals surface area contributed by atoms with Gasteiger partial charge in [-0.2, -0.15) is 0 Å². The Morgan fingerprint density at radius 2 is 1.17 bits per heavy atom. The Kier molecular flexibility index (Phi) is 4.90. The SMILES string of the molecule is c1ccc(-n2c3cccnc3c3c(-c4ccc5c(c4)c4ccccc4n5-c4ccc5ccccc5c4)cccc32)cc1. The van der Waals surface area contributed by atoms with Gasteiger partial charge >= 0.3 is 0 Å². The van der Waals surface area contributed by atoms with E-state index in [4.69, 9.17) is 4.98 Å². The molecule has 0 radical (unpaired) electrons. The zero-order chi connectivity index (χ0) is 27.6. The maximum atomic E-state index is 4.90. The van der Waals surface area contributed by atoms with Crippen LogP contribution in [0.25, 0.3) is 77.0 Å². The van der Waals surface area contributed by atoms with Gasteiger partial charge in [0.1, 0.15) is 0 Å². The van der Waals surface area contributed by atoms with Gasteiger partial charge in [-0.25, -0.2) is 0 Å². The monoisotopic (exact) mass is 535 g/mol. The van der Waals surface area contributed by atoms with Gasteiger partial charge in [0.25, 0.3) is 0 Å². The Morgan fingerprint density at radius 1 is 0.429 bits per heavy atom. The van der Waals surface area contributed by atoms with Crippen molar-refractivity contribution in [3.63, 3.8) is 0 Å². The molecule has 3 nitrogen and oxygen atoms in total. The molecule has 6 aromatic carbocycles. The molecule has 3 heterocycles. The summed E-state index contributed by atoms with van der Waals surface area (Å²) in [7, 11) is 0. The maximum absolute atomic E-state index is 4.90. The lowest BCUT2D eigenvalue weighted by Gasteiger charge is -2.10. The average Bonchev–Trinajstić information content (AvgIpc) is 3.58. The van der Waals surface area contributed by atoms with Crippen LogP contribution < -0.4 is 0 Å². The summed E-state index contributed by atoms with van der Waals surface area (Å²) in [4.78, 5) is 4.90. The summed E-state index contributed by atoms with van der Waals surface area (Å²) < 4.78 is 4.72. The minimum atomic E-state index is 1.02. The highest BCUT2D eigenvalue weighted by molar-refractivity contribution is 6.16. The van der Waals surface area contributed by atoms with Crippen LogP contribution in [0.15, 0.2) is 152 Å². The quantitative estimate of drug-likeness (QED) is 0.221. The average molecular weight is 536 g/mol. The van der Waals surface area contributed by atoms with Gasteiger partial charge in [0, 0.05) is 33.7 Å². The van der Waals surface area contributed by atoms with Gasteiger partial charge in [0.05, 0.1) is 27.6 Å². The Hall–Kier alpha value is -5.67. The molecule has 3 aromatic heterocycles. The topological polar surface area (TPSA) is 22.8 Å². The smallest absolute Gasteiger partial charge is 0.0969 e. The Bertz CT molecular complexity index is 2460. The van der Waals surface area contributed by atoms with E-state index in [-0.39, 0.29) is 0 Å². The first-order valence-electron chi connectivity index (χ1n) is 14.3. The fraction of sp³-hybridized carbons (Fsp3) is 0. The summed E-state index contributed by atoms with van der Waals surface area (Å²) in [6.45, 7) is 0. The van der Waals surface area contributed by atoms with Crippen LogP contribution in [0.1, 0.15) is 0 Å². The van der Waals surface area contributed by atoms with E-state index in [1.165, 1.54) is 54.8 Å². The number of nitrogens with zero attached hydrogens (tertiary/aromatic N) is 3.